The molecule has 0 amide bonds. The van der Waals surface area contributed by atoms with Crippen LogP contribution in [-0.2, 0) is 6.18 Å². The van der Waals surface area contributed by atoms with Crippen molar-refractivity contribution >= 4 is 21.7 Å². The molecule has 0 radical (unpaired) electrons. The molecule has 0 aliphatic heterocycles. The van der Waals surface area contributed by atoms with Crippen LogP contribution in [0.25, 0.3) is 38.5 Å². The monoisotopic (exact) mass is 432 g/mol. The molecule has 0 saturated heterocycles. The third-order valence-electron chi connectivity index (χ3n) is 5.45. The van der Waals surface area contributed by atoms with Crippen LogP contribution in [0.5, 0.6) is 0 Å². The fourth-order valence-electron chi connectivity index (χ4n) is 3.99. The summed E-state index contributed by atoms with van der Waals surface area (Å²) in [5.74, 6) is 0. The Morgan fingerprint density at radius 3 is 2.28 bits per heavy atom. The molecule has 7 heteroatoms. The van der Waals surface area contributed by atoms with Crippen molar-refractivity contribution in [3.8, 4) is 16.8 Å². The van der Waals surface area contributed by atoms with E-state index in [1.54, 1.807) is 12.1 Å². The summed E-state index contributed by atoms with van der Waals surface area (Å²) < 4.78 is 41.3. The predicted molar refractivity (Wildman–Crippen MR) is 118 cm³/mol. The number of hydrogen-bond acceptors (Lipinski definition) is 2. The third kappa shape index (κ3) is 3.19. The fraction of sp³-hybridized carbons (Fsp3) is 0.0400. The summed E-state index contributed by atoms with van der Waals surface area (Å²) in [4.78, 5) is 28.8. The van der Waals surface area contributed by atoms with Gasteiger partial charge in [-0.3, -0.25) is 4.79 Å². The van der Waals surface area contributed by atoms with E-state index in [-0.39, 0.29) is 22.0 Å². The van der Waals surface area contributed by atoms with Gasteiger partial charge in [-0.15, -0.1) is 0 Å². The van der Waals surface area contributed by atoms with Crippen LogP contribution in [0.1, 0.15) is 5.56 Å². The zero-order valence-corrected chi connectivity index (χ0v) is 16.5. The minimum absolute atomic E-state index is 0.0269. The van der Waals surface area contributed by atoms with Crippen molar-refractivity contribution in [3.63, 3.8) is 0 Å². The second-order valence-corrected chi connectivity index (χ2v) is 7.37. The Balaban J connectivity index is 1.74. The number of H-pyrrole nitrogens is 1. The smallest absolute Gasteiger partial charge is 0.306 e. The lowest BCUT2D eigenvalue weighted by atomic mass is 9.98. The van der Waals surface area contributed by atoms with Crippen LogP contribution >= 0.6 is 0 Å². The van der Waals surface area contributed by atoms with Crippen molar-refractivity contribution in [2.75, 3.05) is 0 Å². The Kier molecular flexibility index (Phi) is 4.48. The molecule has 1 aromatic heterocycles. The molecule has 0 aliphatic carbocycles. The van der Waals surface area contributed by atoms with Gasteiger partial charge < -0.3 is 4.98 Å². The van der Waals surface area contributed by atoms with E-state index < -0.39 is 23.0 Å². The molecule has 1 N–H and O–H groups in total. The highest BCUT2D eigenvalue weighted by atomic mass is 19.4. The number of alkyl halides is 3. The van der Waals surface area contributed by atoms with Gasteiger partial charge in [0.1, 0.15) is 0 Å². The molecule has 1 heterocycles. The Hall–Kier alpha value is -4.13. The number of aromatic nitrogens is 2. The molecule has 32 heavy (non-hydrogen) atoms. The zero-order chi connectivity index (χ0) is 22.5. The minimum Gasteiger partial charge on any atom is -0.306 e. The van der Waals surface area contributed by atoms with Gasteiger partial charge in [-0.1, -0.05) is 60.7 Å². The van der Waals surface area contributed by atoms with Crippen LogP contribution in [0.4, 0.5) is 13.2 Å². The summed E-state index contributed by atoms with van der Waals surface area (Å²) in [6.45, 7) is 0. The molecule has 4 aromatic carbocycles. The van der Waals surface area contributed by atoms with Crippen molar-refractivity contribution < 1.29 is 13.2 Å². The van der Waals surface area contributed by atoms with Crippen molar-refractivity contribution in [1.82, 2.24) is 9.55 Å². The van der Waals surface area contributed by atoms with Crippen molar-refractivity contribution in [1.29, 1.82) is 0 Å². The summed E-state index contributed by atoms with van der Waals surface area (Å²) >= 11 is 0. The number of nitrogens with one attached hydrogen (secondary N) is 1. The van der Waals surface area contributed by atoms with Gasteiger partial charge in [-0.05, 0) is 40.8 Å². The second-order valence-electron chi connectivity index (χ2n) is 7.37. The van der Waals surface area contributed by atoms with E-state index in [9.17, 15) is 22.8 Å². The van der Waals surface area contributed by atoms with Gasteiger partial charge in [0.05, 0.1) is 22.2 Å². The van der Waals surface area contributed by atoms with Gasteiger partial charge in [0.15, 0.2) is 0 Å². The van der Waals surface area contributed by atoms with Gasteiger partial charge in [0.25, 0.3) is 5.56 Å². The van der Waals surface area contributed by atoms with Crippen LogP contribution in [0.3, 0.4) is 0 Å². The van der Waals surface area contributed by atoms with Gasteiger partial charge in [0, 0.05) is 5.39 Å². The largest absolute Gasteiger partial charge is 0.417 e. The molecule has 0 atom stereocenters. The highest BCUT2D eigenvalue weighted by Crippen LogP contribution is 2.37. The summed E-state index contributed by atoms with van der Waals surface area (Å²) in [6.07, 6.45) is -4.53. The van der Waals surface area contributed by atoms with Crippen LogP contribution in [0, 0.1) is 0 Å². The molecule has 5 aromatic rings. The van der Waals surface area contributed by atoms with E-state index in [0.717, 1.165) is 21.4 Å². The number of nitrogens with zero attached hydrogens (tertiary/aromatic N) is 1. The quantitative estimate of drug-likeness (QED) is 0.400. The van der Waals surface area contributed by atoms with Crippen LogP contribution in [0.2, 0.25) is 0 Å². The van der Waals surface area contributed by atoms with E-state index in [4.69, 9.17) is 0 Å². The maximum absolute atomic E-state index is 13.4. The zero-order valence-electron chi connectivity index (χ0n) is 16.5. The van der Waals surface area contributed by atoms with Crippen LogP contribution < -0.4 is 11.2 Å². The molecule has 0 bridgehead atoms. The molecule has 0 unspecified atom stereocenters. The predicted octanol–water partition coefficient (Wildman–Crippen LogP) is 5.52. The van der Waals surface area contributed by atoms with E-state index in [2.05, 4.69) is 4.98 Å². The third-order valence-corrected chi connectivity index (χ3v) is 5.45. The molecular weight excluding hydrogens is 417 g/mol. The summed E-state index contributed by atoms with van der Waals surface area (Å²) in [5, 5.41) is 1.80. The fourth-order valence-corrected chi connectivity index (χ4v) is 3.99. The topological polar surface area (TPSA) is 54.9 Å². The molecule has 5 rings (SSSR count). The number of halogens is 3. The number of hydrogen-bond donors (Lipinski definition) is 1. The Labute approximate surface area is 179 Å². The van der Waals surface area contributed by atoms with E-state index in [0.29, 0.717) is 5.69 Å². The Morgan fingerprint density at radius 1 is 0.750 bits per heavy atom. The lowest BCUT2D eigenvalue weighted by Crippen LogP contribution is -2.33. The maximum Gasteiger partial charge on any atom is 0.417 e. The van der Waals surface area contributed by atoms with Gasteiger partial charge in [0.2, 0.25) is 0 Å². The molecule has 0 aliphatic rings. The van der Waals surface area contributed by atoms with Crippen molar-refractivity contribution in [2.45, 2.75) is 6.18 Å². The van der Waals surface area contributed by atoms with Crippen molar-refractivity contribution in [3.05, 3.63) is 111 Å². The van der Waals surface area contributed by atoms with Crippen molar-refractivity contribution in [2.24, 2.45) is 0 Å². The number of fused-ring (bicyclic) bond motifs is 2. The maximum atomic E-state index is 13.4. The average molecular weight is 432 g/mol. The molecule has 0 saturated carbocycles. The van der Waals surface area contributed by atoms with E-state index in [1.807, 2.05) is 30.3 Å². The van der Waals surface area contributed by atoms with E-state index >= 15 is 0 Å². The van der Waals surface area contributed by atoms with Gasteiger partial charge in [-0.2, -0.15) is 13.2 Å². The lowest BCUT2D eigenvalue weighted by molar-refractivity contribution is -0.137. The summed E-state index contributed by atoms with van der Waals surface area (Å²) in [7, 11) is 0. The van der Waals surface area contributed by atoms with E-state index in [1.165, 1.54) is 36.4 Å². The van der Waals surface area contributed by atoms with Crippen LogP contribution in [-0.4, -0.2) is 9.55 Å². The highest BCUT2D eigenvalue weighted by Gasteiger charge is 2.33. The summed E-state index contributed by atoms with van der Waals surface area (Å²) in [6, 6.07) is 22.2. The molecule has 158 valence electrons. The minimum atomic E-state index is -4.53. The lowest BCUT2D eigenvalue weighted by Gasteiger charge is -2.14. The normalized spacial score (nSPS) is 11.8. The Morgan fingerprint density at radius 2 is 1.47 bits per heavy atom. The standard InChI is InChI=1S/C25H15F3N2O2/c26-25(27,28)20-10-4-3-8-17(20)16-12-13-19-21(14-16)29-24(32)30(23(19)31)22-11-5-7-15-6-1-2-9-18(15)22/h1-14H,(H,29,32). The molecule has 0 spiro atoms. The first kappa shape index (κ1) is 19.8. The number of rotatable bonds is 2. The van der Waals surface area contributed by atoms with Gasteiger partial charge in [-0.25, -0.2) is 9.36 Å². The first-order valence-electron chi connectivity index (χ1n) is 9.78. The summed E-state index contributed by atoms with van der Waals surface area (Å²) in [5.41, 5.74) is -1.17. The second kappa shape index (κ2) is 7.23. The average Bonchev–Trinajstić information content (AvgIpc) is 2.78. The first-order valence-corrected chi connectivity index (χ1v) is 9.78. The molecular formula is C25H15F3N2O2. The molecule has 0 fully saturated rings. The van der Waals surface area contributed by atoms with Gasteiger partial charge >= 0.3 is 11.9 Å². The number of benzene rings is 4. The Bertz CT molecular complexity index is 1610. The first-order chi connectivity index (χ1) is 15.3. The molecule has 4 nitrogen and oxygen atoms in total. The number of aromatic amines is 1. The highest BCUT2D eigenvalue weighted by molar-refractivity contribution is 5.91. The SMILES string of the molecule is O=c1[nH]c2cc(-c3ccccc3C(F)(F)F)ccc2c(=O)n1-c1cccc2ccccc12. The van der Waals surface area contributed by atoms with Crippen LogP contribution in [0.15, 0.2) is 94.5 Å².